The zero-order valence-corrected chi connectivity index (χ0v) is 10.8. The molecule has 1 aliphatic rings. The number of H-pyrrole nitrogens is 1. The van der Waals surface area contributed by atoms with Gasteiger partial charge in [-0.15, -0.1) is 0 Å². The molecule has 1 saturated heterocycles. The lowest BCUT2D eigenvalue weighted by Crippen LogP contribution is -2.33. The lowest BCUT2D eigenvalue weighted by molar-refractivity contribution is -0.132. The molecule has 3 rings (SSSR count). The molecule has 0 aromatic carbocycles. The van der Waals surface area contributed by atoms with Gasteiger partial charge in [0, 0.05) is 0 Å². The van der Waals surface area contributed by atoms with Crippen molar-refractivity contribution >= 4 is 22.8 Å². The third kappa shape index (κ3) is 3.03. The summed E-state index contributed by atoms with van der Waals surface area (Å²) in [5.41, 5.74) is 1.28. The van der Waals surface area contributed by atoms with E-state index in [0.717, 1.165) is 0 Å². The van der Waals surface area contributed by atoms with E-state index < -0.39 is 31.2 Å². The molecule has 5 N–H and O–H groups in total. The Morgan fingerprint density at radius 2 is 1.95 bits per heavy atom. The van der Waals surface area contributed by atoms with Crippen molar-refractivity contribution in [1.29, 1.82) is 0 Å². The van der Waals surface area contributed by atoms with Crippen molar-refractivity contribution in [2.45, 2.75) is 24.6 Å². The Morgan fingerprint density at radius 1 is 1.20 bits per heavy atom. The molecule has 0 unspecified atom stereocenters. The van der Waals surface area contributed by atoms with Gasteiger partial charge in [-0.2, -0.15) is 0 Å². The van der Waals surface area contributed by atoms with Crippen LogP contribution in [-0.4, -0.2) is 71.6 Å². The predicted molar refractivity (Wildman–Crippen MR) is 66.7 cm³/mol. The van der Waals surface area contributed by atoms with Crippen LogP contribution >= 0.6 is 11.6 Å². The molecule has 110 valence electrons. The first-order valence-electron chi connectivity index (χ1n) is 5.64. The minimum atomic E-state index is -1.38. The Hall–Kier alpha value is -1.36. The highest BCUT2D eigenvalue weighted by Crippen LogP contribution is 2.18. The molecule has 20 heavy (non-hydrogen) atoms. The fourth-order valence-electron chi connectivity index (χ4n) is 1.61. The largest absolute Gasteiger partial charge is 0.394 e. The standard InChI is InChI=1S/C5H3ClN4.C5H10O5/c6-4-3-5(9-1-7-3)10-2-8-4;6-1-2-3(7)4(8)5(9)10-2/h1-2H,(H,7,8,9,10);2-9H,1H2/t;2-,3-,4-,5-/m.1/s1. The lowest BCUT2D eigenvalue weighted by atomic mass is 10.1. The van der Waals surface area contributed by atoms with Crippen LogP contribution in [0.4, 0.5) is 0 Å². The molecule has 10 heteroatoms. The van der Waals surface area contributed by atoms with Crippen LogP contribution in [0.2, 0.25) is 5.15 Å². The van der Waals surface area contributed by atoms with E-state index in [0.29, 0.717) is 16.3 Å². The fourth-order valence-corrected chi connectivity index (χ4v) is 1.80. The zero-order valence-electron chi connectivity index (χ0n) is 10.1. The van der Waals surface area contributed by atoms with Crippen LogP contribution in [0.1, 0.15) is 0 Å². The molecule has 3 heterocycles. The first-order chi connectivity index (χ1) is 9.54. The predicted octanol–water partition coefficient (Wildman–Crippen LogP) is -1.58. The maximum absolute atomic E-state index is 8.93. The first kappa shape index (κ1) is 15.0. The fraction of sp³-hybridized carbons (Fsp3) is 0.500. The Labute approximate surface area is 117 Å². The molecule has 2 aromatic heterocycles. The van der Waals surface area contributed by atoms with Gasteiger partial charge in [0.2, 0.25) is 0 Å². The molecule has 9 nitrogen and oxygen atoms in total. The summed E-state index contributed by atoms with van der Waals surface area (Å²) >= 11 is 5.66. The summed E-state index contributed by atoms with van der Waals surface area (Å²) in [5.74, 6) is 0. The number of hydrogen-bond donors (Lipinski definition) is 5. The molecule has 0 aliphatic carbocycles. The summed E-state index contributed by atoms with van der Waals surface area (Å²) in [4.78, 5) is 14.4. The van der Waals surface area contributed by atoms with Crippen LogP contribution in [0, 0.1) is 0 Å². The van der Waals surface area contributed by atoms with Crippen LogP contribution in [0.3, 0.4) is 0 Å². The topological polar surface area (TPSA) is 145 Å². The average Bonchev–Trinajstić information content (AvgIpc) is 3.01. The first-order valence-corrected chi connectivity index (χ1v) is 6.02. The van der Waals surface area contributed by atoms with Crippen molar-refractivity contribution in [3.8, 4) is 0 Å². The second-order valence-electron chi connectivity index (χ2n) is 3.99. The Kier molecular flexibility index (Phi) is 4.81. The molecular weight excluding hydrogens is 292 g/mol. The molecular formula is C10H13ClN4O5. The quantitative estimate of drug-likeness (QED) is 0.397. The molecule has 0 radical (unpaired) electrons. The number of aliphatic hydroxyl groups excluding tert-OH is 4. The molecule has 1 aliphatic heterocycles. The average molecular weight is 305 g/mol. The van der Waals surface area contributed by atoms with Gasteiger partial charge < -0.3 is 30.1 Å². The summed E-state index contributed by atoms with van der Waals surface area (Å²) in [6, 6.07) is 0. The normalized spacial score (nSPS) is 29.2. The van der Waals surface area contributed by atoms with E-state index >= 15 is 0 Å². The number of hydrogen-bond acceptors (Lipinski definition) is 8. The number of aromatic amines is 1. The second kappa shape index (κ2) is 6.39. The minimum Gasteiger partial charge on any atom is -0.394 e. The smallest absolute Gasteiger partial charge is 0.184 e. The number of halogens is 1. The van der Waals surface area contributed by atoms with Crippen LogP contribution in [-0.2, 0) is 4.74 Å². The van der Waals surface area contributed by atoms with Crippen molar-refractivity contribution in [2.24, 2.45) is 0 Å². The highest BCUT2D eigenvalue weighted by atomic mass is 35.5. The van der Waals surface area contributed by atoms with E-state index in [1.807, 2.05) is 0 Å². The molecule has 0 bridgehead atoms. The van der Waals surface area contributed by atoms with Gasteiger partial charge in [0.15, 0.2) is 17.1 Å². The number of aromatic nitrogens is 4. The van der Waals surface area contributed by atoms with Crippen molar-refractivity contribution in [3.63, 3.8) is 0 Å². The SMILES string of the molecule is Clc1ncnc2[nH]cnc12.OC[C@H]1O[C@@H](O)[C@H](O)[C@@H]1O. The second-order valence-corrected chi connectivity index (χ2v) is 4.35. The number of imidazole rings is 1. The number of ether oxygens (including phenoxy) is 1. The summed E-state index contributed by atoms with van der Waals surface area (Å²) < 4.78 is 4.54. The lowest BCUT2D eigenvalue weighted by Gasteiger charge is -2.09. The van der Waals surface area contributed by atoms with E-state index in [-0.39, 0.29) is 0 Å². The monoisotopic (exact) mass is 304 g/mol. The Morgan fingerprint density at radius 3 is 2.45 bits per heavy atom. The summed E-state index contributed by atoms with van der Waals surface area (Å²) in [7, 11) is 0. The third-order valence-corrected chi connectivity index (χ3v) is 2.97. The van der Waals surface area contributed by atoms with Crippen molar-refractivity contribution < 1.29 is 25.2 Å². The third-order valence-electron chi connectivity index (χ3n) is 2.69. The van der Waals surface area contributed by atoms with Crippen LogP contribution in [0.5, 0.6) is 0 Å². The van der Waals surface area contributed by atoms with Gasteiger partial charge in [0.25, 0.3) is 0 Å². The van der Waals surface area contributed by atoms with Gasteiger partial charge in [-0.3, -0.25) is 0 Å². The molecule has 4 atom stereocenters. The van der Waals surface area contributed by atoms with E-state index in [9.17, 15) is 0 Å². The summed E-state index contributed by atoms with van der Waals surface area (Å²) in [6.07, 6.45) is -1.83. The minimum absolute atomic E-state index is 0.381. The van der Waals surface area contributed by atoms with Crippen molar-refractivity contribution in [1.82, 2.24) is 19.9 Å². The van der Waals surface area contributed by atoms with E-state index in [1.165, 1.54) is 12.7 Å². The van der Waals surface area contributed by atoms with Gasteiger partial charge in [-0.05, 0) is 0 Å². The number of nitrogens with one attached hydrogen (secondary N) is 1. The molecule has 1 fully saturated rings. The van der Waals surface area contributed by atoms with Crippen LogP contribution in [0.25, 0.3) is 11.2 Å². The number of nitrogens with zero attached hydrogens (tertiary/aromatic N) is 3. The van der Waals surface area contributed by atoms with Gasteiger partial charge in [-0.1, -0.05) is 11.6 Å². The van der Waals surface area contributed by atoms with Gasteiger partial charge in [-0.25, -0.2) is 15.0 Å². The Bertz CT molecular complexity index is 567. The number of fused-ring (bicyclic) bond motifs is 1. The van der Waals surface area contributed by atoms with Crippen molar-refractivity contribution in [2.75, 3.05) is 6.61 Å². The molecule has 0 saturated carbocycles. The van der Waals surface area contributed by atoms with E-state index in [1.54, 1.807) is 0 Å². The maximum Gasteiger partial charge on any atom is 0.184 e. The van der Waals surface area contributed by atoms with Crippen LogP contribution in [0.15, 0.2) is 12.7 Å². The highest BCUT2D eigenvalue weighted by molar-refractivity contribution is 6.33. The zero-order chi connectivity index (χ0) is 14.7. The van der Waals surface area contributed by atoms with Crippen molar-refractivity contribution in [3.05, 3.63) is 17.8 Å². The highest BCUT2D eigenvalue weighted by Gasteiger charge is 2.41. The maximum atomic E-state index is 8.93. The van der Waals surface area contributed by atoms with E-state index in [4.69, 9.17) is 32.0 Å². The van der Waals surface area contributed by atoms with E-state index in [2.05, 4.69) is 24.7 Å². The van der Waals surface area contributed by atoms with Gasteiger partial charge >= 0.3 is 0 Å². The Balaban J connectivity index is 0.000000147. The molecule has 0 spiro atoms. The molecule has 0 amide bonds. The molecule has 2 aromatic rings. The van der Waals surface area contributed by atoms with Gasteiger partial charge in [0.1, 0.15) is 30.2 Å². The number of aliphatic hydroxyl groups is 4. The summed E-state index contributed by atoms with van der Waals surface area (Å²) in [5, 5.41) is 35.3. The van der Waals surface area contributed by atoms with Crippen LogP contribution < -0.4 is 0 Å². The number of rotatable bonds is 1. The van der Waals surface area contributed by atoms with Gasteiger partial charge in [0.05, 0.1) is 12.9 Å². The summed E-state index contributed by atoms with van der Waals surface area (Å²) in [6.45, 7) is -0.407.